The second kappa shape index (κ2) is 7.38. The molecule has 4 rings (SSSR count). The minimum absolute atomic E-state index is 0.488. The molecule has 1 fully saturated rings. The fourth-order valence-electron chi connectivity index (χ4n) is 3.25. The Labute approximate surface area is 147 Å². The molecule has 3 aromatic heterocycles. The average Bonchev–Trinajstić information content (AvgIpc) is 2.70. The lowest BCUT2D eigenvalue weighted by Crippen LogP contribution is -2.23. The lowest BCUT2D eigenvalue weighted by Gasteiger charge is -2.23. The van der Waals surface area contributed by atoms with Crippen molar-refractivity contribution in [2.24, 2.45) is 0 Å². The monoisotopic (exact) mass is 331 g/mol. The number of anilines is 1. The van der Waals surface area contributed by atoms with E-state index in [2.05, 4.69) is 15.3 Å². The molecule has 1 N–H and O–H groups in total. The van der Waals surface area contributed by atoms with Crippen LogP contribution in [-0.2, 0) is 0 Å². The number of nitrogens with zero attached hydrogens (tertiary/aromatic N) is 4. The van der Waals surface area contributed by atoms with Crippen molar-refractivity contribution in [1.29, 1.82) is 0 Å². The van der Waals surface area contributed by atoms with Crippen LogP contribution in [0.25, 0.3) is 22.8 Å². The number of pyridine rings is 2. The Morgan fingerprint density at radius 1 is 0.880 bits per heavy atom. The van der Waals surface area contributed by atoms with E-state index in [1.807, 2.05) is 42.6 Å². The molecule has 0 aliphatic heterocycles. The average molecular weight is 331 g/mol. The van der Waals surface area contributed by atoms with E-state index in [4.69, 9.17) is 9.97 Å². The van der Waals surface area contributed by atoms with Crippen LogP contribution in [-0.4, -0.2) is 26.0 Å². The highest BCUT2D eigenvalue weighted by Gasteiger charge is 2.16. The summed E-state index contributed by atoms with van der Waals surface area (Å²) in [7, 11) is 0. The molecule has 3 aromatic rings. The third-order valence-corrected chi connectivity index (χ3v) is 4.53. The van der Waals surface area contributed by atoms with Gasteiger partial charge in [0.2, 0.25) is 0 Å². The maximum absolute atomic E-state index is 4.72. The van der Waals surface area contributed by atoms with Crippen LogP contribution in [0.15, 0.2) is 55.0 Å². The van der Waals surface area contributed by atoms with E-state index >= 15 is 0 Å². The number of hydrogen-bond acceptors (Lipinski definition) is 5. The summed E-state index contributed by atoms with van der Waals surface area (Å²) in [5.74, 6) is 1.50. The van der Waals surface area contributed by atoms with Crippen LogP contribution in [0.5, 0.6) is 0 Å². The zero-order valence-corrected chi connectivity index (χ0v) is 14.1. The largest absolute Gasteiger partial charge is 0.367 e. The lowest BCUT2D eigenvalue weighted by molar-refractivity contribution is 0.462. The Morgan fingerprint density at radius 2 is 1.80 bits per heavy atom. The van der Waals surface area contributed by atoms with E-state index in [0.717, 1.165) is 22.8 Å². The lowest BCUT2D eigenvalue weighted by atomic mass is 9.95. The summed E-state index contributed by atoms with van der Waals surface area (Å²) in [4.78, 5) is 18.0. The molecule has 5 heteroatoms. The van der Waals surface area contributed by atoms with E-state index in [9.17, 15) is 0 Å². The van der Waals surface area contributed by atoms with Crippen molar-refractivity contribution in [1.82, 2.24) is 19.9 Å². The van der Waals surface area contributed by atoms with E-state index in [-0.39, 0.29) is 0 Å². The SMILES string of the molecule is c1ccc(-c2nc(NC3CCCCC3)cc(-c3cccnc3)n2)nc1. The van der Waals surface area contributed by atoms with Crippen molar-refractivity contribution >= 4 is 5.82 Å². The smallest absolute Gasteiger partial charge is 0.180 e. The van der Waals surface area contributed by atoms with Gasteiger partial charge in [-0.15, -0.1) is 0 Å². The normalized spacial score (nSPS) is 15.0. The molecular weight excluding hydrogens is 310 g/mol. The minimum atomic E-state index is 0.488. The maximum Gasteiger partial charge on any atom is 0.180 e. The molecule has 0 amide bonds. The molecule has 0 saturated heterocycles. The van der Waals surface area contributed by atoms with Gasteiger partial charge in [0.1, 0.15) is 11.5 Å². The van der Waals surface area contributed by atoms with Crippen molar-refractivity contribution in [2.45, 2.75) is 38.1 Å². The van der Waals surface area contributed by atoms with Crippen LogP contribution in [0.2, 0.25) is 0 Å². The van der Waals surface area contributed by atoms with Crippen molar-refractivity contribution in [3.63, 3.8) is 0 Å². The Morgan fingerprint density at radius 3 is 2.56 bits per heavy atom. The van der Waals surface area contributed by atoms with Crippen LogP contribution in [0, 0.1) is 0 Å². The van der Waals surface area contributed by atoms with E-state index in [0.29, 0.717) is 11.9 Å². The minimum Gasteiger partial charge on any atom is -0.367 e. The topological polar surface area (TPSA) is 63.6 Å². The van der Waals surface area contributed by atoms with Gasteiger partial charge in [-0.05, 0) is 37.1 Å². The molecule has 0 atom stereocenters. The molecule has 1 aliphatic rings. The predicted molar refractivity (Wildman–Crippen MR) is 99.0 cm³/mol. The van der Waals surface area contributed by atoms with Crippen molar-refractivity contribution in [3.8, 4) is 22.8 Å². The molecular formula is C20H21N5. The van der Waals surface area contributed by atoms with Crippen LogP contribution < -0.4 is 5.32 Å². The highest BCUT2D eigenvalue weighted by molar-refractivity contribution is 5.65. The first-order chi connectivity index (χ1) is 12.4. The first kappa shape index (κ1) is 15.7. The Kier molecular flexibility index (Phi) is 4.63. The van der Waals surface area contributed by atoms with Gasteiger partial charge < -0.3 is 5.32 Å². The molecule has 25 heavy (non-hydrogen) atoms. The van der Waals surface area contributed by atoms with Gasteiger partial charge in [0.25, 0.3) is 0 Å². The van der Waals surface area contributed by atoms with Crippen molar-refractivity contribution in [2.75, 3.05) is 5.32 Å². The number of rotatable bonds is 4. The third kappa shape index (κ3) is 3.82. The summed E-state index contributed by atoms with van der Waals surface area (Å²) in [6, 6.07) is 12.2. The predicted octanol–water partition coefficient (Wildman–Crippen LogP) is 4.35. The first-order valence-corrected chi connectivity index (χ1v) is 8.86. The number of nitrogens with one attached hydrogen (secondary N) is 1. The Balaban J connectivity index is 1.72. The summed E-state index contributed by atoms with van der Waals surface area (Å²) in [6.45, 7) is 0. The molecule has 1 aliphatic carbocycles. The molecule has 0 spiro atoms. The summed E-state index contributed by atoms with van der Waals surface area (Å²) >= 11 is 0. The van der Waals surface area contributed by atoms with Gasteiger partial charge in [-0.1, -0.05) is 25.3 Å². The highest BCUT2D eigenvalue weighted by atomic mass is 15.1. The molecule has 126 valence electrons. The Hall–Kier alpha value is -2.82. The molecule has 3 heterocycles. The van der Waals surface area contributed by atoms with E-state index < -0.39 is 0 Å². The van der Waals surface area contributed by atoms with Gasteiger partial charge in [-0.3, -0.25) is 9.97 Å². The fourth-order valence-corrected chi connectivity index (χ4v) is 3.25. The first-order valence-electron chi connectivity index (χ1n) is 8.86. The molecule has 0 radical (unpaired) electrons. The molecule has 1 saturated carbocycles. The quantitative estimate of drug-likeness (QED) is 0.770. The van der Waals surface area contributed by atoms with Gasteiger partial charge in [0, 0.05) is 36.3 Å². The summed E-state index contributed by atoms with van der Waals surface area (Å²) < 4.78 is 0. The zero-order chi connectivity index (χ0) is 16.9. The van der Waals surface area contributed by atoms with Crippen LogP contribution in [0.4, 0.5) is 5.82 Å². The Bertz CT molecular complexity index is 756. The molecule has 0 unspecified atom stereocenters. The second-order valence-electron chi connectivity index (χ2n) is 6.40. The molecule has 0 bridgehead atoms. The van der Waals surface area contributed by atoms with Crippen LogP contribution in [0.3, 0.4) is 0 Å². The summed E-state index contributed by atoms with van der Waals surface area (Å²) in [5.41, 5.74) is 2.62. The number of aromatic nitrogens is 4. The van der Waals surface area contributed by atoms with Crippen molar-refractivity contribution < 1.29 is 0 Å². The molecule has 0 aromatic carbocycles. The van der Waals surface area contributed by atoms with Crippen LogP contribution >= 0.6 is 0 Å². The van der Waals surface area contributed by atoms with Gasteiger partial charge in [-0.2, -0.15) is 0 Å². The van der Waals surface area contributed by atoms with E-state index in [1.165, 1.54) is 32.1 Å². The zero-order valence-electron chi connectivity index (χ0n) is 14.1. The van der Waals surface area contributed by atoms with Gasteiger partial charge in [0.05, 0.1) is 5.69 Å². The number of hydrogen-bond donors (Lipinski definition) is 1. The molecule has 5 nitrogen and oxygen atoms in total. The summed E-state index contributed by atoms with van der Waals surface area (Å²) in [6.07, 6.45) is 11.7. The summed E-state index contributed by atoms with van der Waals surface area (Å²) in [5, 5.41) is 3.60. The second-order valence-corrected chi connectivity index (χ2v) is 6.40. The van der Waals surface area contributed by atoms with Gasteiger partial charge in [-0.25, -0.2) is 9.97 Å². The highest BCUT2D eigenvalue weighted by Crippen LogP contribution is 2.26. The van der Waals surface area contributed by atoms with Gasteiger partial charge >= 0.3 is 0 Å². The van der Waals surface area contributed by atoms with Gasteiger partial charge in [0.15, 0.2) is 5.82 Å². The fraction of sp³-hybridized carbons (Fsp3) is 0.300. The standard InChI is InChI=1S/C20H21N5/c1-2-8-16(9-3-1)23-19-13-18(15-7-6-11-21-14-15)24-20(25-19)17-10-4-5-12-22-17/h4-7,10-14,16H,1-3,8-9H2,(H,23,24,25). The third-order valence-electron chi connectivity index (χ3n) is 4.53. The van der Waals surface area contributed by atoms with Crippen LogP contribution in [0.1, 0.15) is 32.1 Å². The van der Waals surface area contributed by atoms with E-state index in [1.54, 1.807) is 12.4 Å². The van der Waals surface area contributed by atoms with Crippen molar-refractivity contribution in [3.05, 3.63) is 55.0 Å². The maximum atomic E-state index is 4.72.